The largest absolute Gasteiger partial charge is 0.491 e. The van der Waals surface area contributed by atoms with E-state index in [1.807, 2.05) is 38.1 Å². The van der Waals surface area contributed by atoms with Gasteiger partial charge in [-0.25, -0.2) is 0 Å². The summed E-state index contributed by atoms with van der Waals surface area (Å²) < 4.78 is 10.5. The molecule has 0 amide bonds. The van der Waals surface area contributed by atoms with Gasteiger partial charge in [-0.1, -0.05) is 6.07 Å². The predicted octanol–water partition coefficient (Wildman–Crippen LogP) is 2.41. The molecule has 100 valence electrons. The van der Waals surface area contributed by atoms with Gasteiger partial charge in [0.05, 0.1) is 12.7 Å². The zero-order valence-electron chi connectivity index (χ0n) is 11.0. The van der Waals surface area contributed by atoms with E-state index in [4.69, 9.17) is 21.7 Å². The lowest BCUT2D eigenvalue weighted by Crippen LogP contribution is -2.31. The molecule has 18 heavy (non-hydrogen) atoms. The van der Waals surface area contributed by atoms with Crippen LogP contribution in [0.3, 0.4) is 0 Å². The Kier molecular flexibility index (Phi) is 6.46. The van der Waals surface area contributed by atoms with Crippen molar-refractivity contribution in [2.24, 2.45) is 0 Å². The molecule has 0 atom stereocenters. The maximum atomic E-state index is 5.61. The number of hydrogen-bond acceptors (Lipinski definition) is 3. The SMILES string of the molecule is COCCNC(=S)Nc1cccc(OC(C)C)c1. The highest BCUT2D eigenvalue weighted by atomic mass is 32.1. The lowest BCUT2D eigenvalue weighted by Gasteiger charge is -2.13. The molecule has 5 heteroatoms. The van der Waals surface area contributed by atoms with Gasteiger partial charge in [0, 0.05) is 25.4 Å². The molecule has 0 saturated carbocycles. The first-order chi connectivity index (χ1) is 8.61. The molecule has 0 unspecified atom stereocenters. The molecular formula is C13H20N2O2S. The molecule has 1 aromatic carbocycles. The summed E-state index contributed by atoms with van der Waals surface area (Å²) in [5.74, 6) is 0.828. The number of thiocarbonyl (C=S) groups is 1. The van der Waals surface area contributed by atoms with Crippen molar-refractivity contribution in [3.8, 4) is 5.75 Å². The summed E-state index contributed by atoms with van der Waals surface area (Å²) in [6.07, 6.45) is 0.159. The smallest absolute Gasteiger partial charge is 0.170 e. The van der Waals surface area contributed by atoms with Crippen molar-refractivity contribution in [2.75, 3.05) is 25.6 Å². The number of nitrogens with one attached hydrogen (secondary N) is 2. The standard InChI is InChI=1S/C13H20N2O2S/c1-10(2)17-12-6-4-5-11(9-12)15-13(18)14-7-8-16-3/h4-6,9-10H,7-8H2,1-3H3,(H2,14,15,18). The lowest BCUT2D eigenvalue weighted by molar-refractivity contribution is 0.204. The molecule has 1 rings (SSSR count). The van der Waals surface area contributed by atoms with Crippen LogP contribution in [0.1, 0.15) is 13.8 Å². The number of hydrogen-bond donors (Lipinski definition) is 2. The Bertz CT molecular complexity index is 383. The molecule has 0 radical (unpaired) electrons. The van der Waals surface area contributed by atoms with Crippen molar-refractivity contribution in [1.82, 2.24) is 5.32 Å². The Morgan fingerprint density at radius 2 is 2.17 bits per heavy atom. The fourth-order valence-electron chi connectivity index (χ4n) is 1.36. The van der Waals surface area contributed by atoms with Crippen LogP contribution in [0.5, 0.6) is 5.75 Å². The van der Waals surface area contributed by atoms with E-state index in [1.165, 1.54) is 0 Å². The van der Waals surface area contributed by atoms with Gasteiger partial charge in [-0.05, 0) is 38.2 Å². The van der Waals surface area contributed by atoms with Gasteiger partial charge in [0.1, 0.15) is 5.75 Å². The van der Waals surface area contributed by atoms with Gasteiger partial charge in [-0.3, -0.25) is 0 Å². The first-order valence-electron chi connectivity index (χ1n) is 5.92. The molecule has 0 aliphatic rings. The highest BCUT2D eigenvalue weighted by molar-refractivity contribution is 7.80. The summed E-state index contributed by atoms with van der Waals surface area (Å²) in [6, 6.07) is 7.71. The monoisotopic (exact) mass is 268 g/mol. The lowest BCUT2D eigenvalue weighted by atomic mass is 10.3. The fourth-order valence-corrected chi connectivity index (χ4v) is 1.58. The molecule has 0 bridgehead atoms. The van der Waals surface area contributed by atoms with Gasteiger partial charge < -0.3 is 20.1 Å². The minimum Gasteiger partial charge on any atom is -0.491 e. The zero-order valence-corrected chi connectivity index (χ0v) is 11.8. The van der Waals surface area contributed by atoms with Gasteiger partial charge >= 0.3 is 0 Å². The second-order valence-electron chi connectivity index (χ2n) is 4.07. The first-order valence-corrected chi connectivity index (χ1v) is 6.33. The van der Waals surface area contributed by atoms with Crippen molar-refractivity contribution >= 4 is 23.0 Å². The summed E-state index contributed by atoms with van der Waals surface area (Å²) in [4.78, 5) is 0. The average Bonchev–Trinajstić information content (AvgIpc) is 2.28. The van der Waals surface area contributed by atoms with E-state index in [2.05, 4.69) is 10.6 Å². The third-order valence-corrected chi connectivity index (χ3v) is 2.30. The van der Waals surface area contributed by atoms with Gasteiger partial charge in [-0.15, -0.1) is 0 Å². The van der Waals surface area contributed by atoms with Crippen molar-refractivity contribution in [1.29, 1.82) is 0 Å². The molecule has 0 spiro atoms. The van der Waals surface area contributed by atoms with Crippen LogP contribution in [-0.2, 0) is 4.74 Å². The highest BCUT2D eigenvalue weighted by Gasteiger charge is 2.01. The zero-order chi connectivity index (χ0) is 13.4. The van der Waals surface area contributed by atoms with E-state index in [0.717, 1.165) is 11.4 Å². The highest BCUT2D eigenvalue weighted by Crippen LogP contribution is 2.18. The Labute approximate surface area is 114 Å². The van der Waals surface area contributed by atoms with E-state index in [9.17, 15) is 0 Å². The van der Waals surface area contributed by atoms with Crippen LogP contribution in [0.25, 0.3) is 0 Å². The van der Waals surface area contributed by atoms with Crippen LogP contribution in [0.15, 0.2) is 24.3 Å². The molecule has 4 nitrogen and oxygen atoms in total. The molecule has 0 aliphatic carbocycles. The number of ether oxygens (including phenoxy) is 2. The van der Waals surface area contributed by atoms with E-state index < -0.39 is 0 Å². The normalized spacial score (nSPS) is 10.2. The second-order valence-corrected chi connectivity index (χ2v) is 4.48. The summed E-state index contributed by atoms with van der Waals surface area (Å²) in [5, 5.41) is 6.72. The Hall–Kier alpha value is -1.33. The van der Waals surface area contributed by atoms with E-state index >= 15 is 0 Å². The molecule has 0 saturated heterocycles. The fraction of sp³-hybridized carbons (Fsp3) is 0.462. The van der Waals surface area contributed by atoms with Crippen LogP contribution in [-0.4, -0.2) is 31.5 Å². The minimum absolute atomic E-state index is 0.159. The maximum Gasteiger partial charge on any atom is 0.170 e. The summed E-state index contributed by atoms with van der Waals surface area (Å²) in [7, 11) is 1.66. The van der Waals surface area contributed by atoms with Crippen molar-refractivity contribution in [3.05, 3.63) is 24.3 Å². The molecular weight excluding hydrogens is 248 g/mol. The topological polar surface area (TPSA) is 42.5 Å². The van der Waals surface area contributed by atoms with Crippen LogP contribution in [0, 0.1) is 0 Å². The third-order valence-electron chi connectivity index (χ3n) is 2.06. The van der Waals surface area contributed by atoms with E-state index in [1.54, 1.807) is 7.11 Å². The molecule has 0 heterocycles. The Morgan fingerprint density at radius 1 is 1.39 bits per heavy atom. The minimum atomic E-state index is 0.159. The number of methoxy groups -OCH3 is 1. The number of anilines is 1. The molecule has 2 N–H and O–H groups in total. The quantitative estimate of drug-likeness (QED) is 0.612. The van der Waals surface area contributed by atoms with E-state index in [0.29, 0.717) is 18.3 Å². The predicted molar refractivity (Wildman–Crippen MR) is 78.3 cm³/mol. The van der Waals surface area contributed by atoms with Crippen LogP contribution >= 0.6 is 12.2 Å². The summed E-state index contributed by atoms with van der Waals surface area (Å²) >= 11 is 5.16. The molecule has 0 fully saturated rings. The van der Waals surface area contributed by atoms with E-state index in [-0.39, 0.29) is 6.10 Å². The van der Waals surface area contributed by atoms with Gasteiger partial charge in [0.2, 0.25) is 0 Å². The van der Waals surface area contributed by atoms with Crippen molar-refractivity contribution < 1.29 is 9.47 Å². The van der Waals surface area contributed by atoms with Crippen LogP contribution in [0.4, 0.5) is 5.69 Å². The number of benzene rings is 1. The second kappa shape index (κ2) is 7.89. The summed E-state index contributed by atoms with van der Waals surface area (Å²) in [5.41, 5.74) is 0.906. The van der Waals surface area contributed by atoms with Crippen LogP contribution in [0.2, 0.25) is 0 Å². The molecule has 0 aromatic heterocycles. The van der Waals surface area contributed by atoms with Crippen molar-refractivity contribution in [2.45, 2.75) is 20.0 Å². The number of rotatable bonds is 6. The third kappa shape index (κ3) is 5.84. The van der Waals surface area contributed by atoms with Gasteiger partial charge in [0.25, 0.3) is 0 Å². The maximum absolute atomic E-state index is 5.61. The van der Waals surface area contributed by atoms with Gasteiger partial charge in [-0.2, -0.15) is 0 Å². The Morgan fingerprint density at radius 3 is 2.83 bits per heavy atom. The molecule has 1 aromatic rings. The summed E-state index contributed by atoms with van der Waals surface area (Å²) in [6.45, 7) is 5.30. The first kappa shape index (κ1) is 14.7. The van der Waals surface area contributed by atoms with Crippen LogP contribution < -0.4 is 15.4 Å². The molecule has 0 aliphatic heterocycles. The van der Waals surface area contributed by atoms with Crippen molar-refractivity contribution in [3.63, 3.8) is 0 Å². The van der Waals surface area contributed by atoms with Gasteiger partial charge in [0.15, 0.2) is 5.11 Å². The average molecular weight is 268 g/mol. The Balaban J connectivity index is 2.48.